The van der Waals surface area contributed by atoms with E-state index in [1.807, 2.05) is 62.5 Å². The second-order valence-electron chi connectivity index (χ2n) is 7.47. The van der Waals surface area contributed by atoms with Crippen LogP contribution in [0, 0.1) is 20.8 Å². The molecule has 1 unspecified atom stereocenters. The number of nitrogens with one attached hydrogen (secondary N) is 1. The smallest absolute Gasteiger partial charge is 0.268 e. The Kier molecular flexibility index (Phi) is 5.30. The first kappa shape index (κ1) is 20.1. The van der Waals surface area contributed by atoms with E-state index in [9.17, 15) is 9.59 Å². The summed E-state index contributed by atoms with van der Waals surface area (Å²) in [5, 5.41) is 5.83. The first-order valence-electron chi connectivity index (χ1n) is 9.73. The first-order chi connectivity index (χ1) is 14.3. The van der Waals surface area contributed by atoms with Crippen molar-refractivity contribution in [3.8, 4) is 17.0 Å². The summed E-state index contributed by atoms with van der Waals surface area (Å²) < 4.78 is 5.76. The molecule has 6 nitrogen and oxygen atoms in total. The number of ether oxygens (including phenoxy) is 1. The molecule has 0 saturated carbocycles. The molecule has 0 radical (unpaired) electrons. The minimum atomic E-state index is -0.653. The number of amides is 2. The maximum atomic E-state index is 12.8. The molecule has 1 N–H and O–H groups in total. The van der Waals surface area contributed by atoms with Crippen molar-refractivity contribution in [3.63, 3.8) is 0 Å². The Bertz CT molecular complexity index is 1140. The lowest BCUT2D eigenvalue weighted by molar-refractivity contribution is -0.127. The number of fused-ring (bicyclic) bond motifs is 1. The average Bonchev–Trinajstić information content (AvgIpc) is 3.14. The van der Waals surface area contributed by atoms with Crippen LogP contribution in [0.2, 0.25) is 0 Å². The second kappa shape index (κ2) is 7.91. The van der Waals surface area contributed by atoms with Crippen LogP contribution in [0.15, 0.2) is 41.8 Å². The van der Waals surface area contributed by atoms with E-state index in [0.29, 0.717) is 17.1 Å². The topological polar surface area (TPSA) is 71.5 Å². The largest absolute Gasteiger partial charge is 0.479 e. The van der Waals surface area contributed by atoms with Gasteiger partial charge in [-0.05, 0) is 69.2 Å². The summed E-state index contributed by atoms with van der Waals surface area (Å²) in [5.74, 6) is 0.0719. The summed E-state index contributed by atoms with van der Waals surface area (Å²) in [6, 6.07) is 11.4. The number of thiazole rings is 1. The highest BCUT2D eigenvalue weighted by molar-refractivity contribution is 7.09. The molecule has 1 aromatic heterocycles. The van der Waals surface area contributed by atoms with Crippen LogP contribution in [0.25, 0.3) is 11.3 Å². The second-order valence-corrected chi connectivity index (χ2v) is 8.53. The number of benzene rings is 2. The van der Waals surface area contributed by atoms with Gasteiger partial charge < -0.3 is 10.1 Å². The van der Waals surface area contributed by atoms with Crippen molar-refractivity contribution in [1.29, 1.82) is 0 Å². The Balaban J connectivity index is 1.61. The van der Waals surface area contributed by atoms with E-state index in [0.717, 1.165) is 27.4 Å². The average molecular weight is 422 g/mol. The number of carbonyl (C=O) groups excluding carboxylic acids is 2. The minimum absolute atomic E-state index is 0.0913. The van der Waals surface area contributed by atoms with Gasteiger partial charge in [-0.2, -0.15) is 0 Å². The molecule has 7 heteroatoms. The number of carbonyl (C=O) groups is 2. The highest BCUT2D eigenvalue weighted by Crippen LogP contribution is 2.37. The number of nitrogens with zero attached hydrogens (tertiary/aromatic N) is 2. The summed E-state index contributed by atoms with van der Waals surface area (Å²) in [4.78, 5) is 31.6. The van der Waals surface area contributed by atoms with Crippen molar-refractivity contribution in [2.75, 3.05) is 16.8 Å². The fraction of sp³-hybridized carbons (Fsp3) is 0.261. The number of aryl methyl sites for hydroxylation is 3. The fourth-order valence-corrected chi connectivity index (χ4v) is 4.01. The number of hydrogen-bond donors (Lipinski definition) is 1. The number of anilines is 2. The third-order valence-corrected chi connectivity index (χ3v) is 5.95. The molecule has 4 rings (SSSR count). The Morgan fingerprint density at radius 2 is 1.97 bits per heavy atom. The number of hydrogen-bond acceptors (Lipinski definition) is 5. The van der Waals surface area contributed by atoms with E-state index < -0.39 is 6.10 Å². The van der Waals surface area contributed by atoms with Crippen LogP contribution >= 0.6 is 11.3 Å². The van der Waals surface area contributed by atoms with E-state index in [-0.39, 0.29) is 18.4 Å². The maximum Gasteiger partial charge on any atom is 0.268 e. The summed E-state index contributed by atoms with van der Waals surface area (Å²) in [6.07, 6.45) is -0.653. The standard InChI is InChI=1S/C23H23N3O3S/c1-13-5-7-18(9-14(13)2)25-22(27)11-26-20-10-17(19-12-30-16(4)24-19)6-8-21(20)29-15(3)23(26)28/h5-10,12,15H,11H2,1-4H3,(H,25,27). The third-order valence-electron chi connectivity index (χ3n) is 5.17. The molecule has 1 aliphatic heterocycles. The highest BCUT2D eigenvalue weighted by atomic mass is 32.1. The lowest BCUT2D eigenvalue weighted by Crippen LogP contribution is -2.47. The van der Waals surface area contributed by atoms with Crippen molar-refractivity contribution in [2.45, 2.75) is 33.8 Å². The summed E-state index contributed by atoms with van der Waals surface area (Å²) in [6.45, 7) is 7.57. The Hall–Kier alpha value is -3.19. The molecule has 1 aliphatic rings. The zero-order valence-electron chi connectivity index (χ0n) is 17.4. The quantitative estimate of drug-likeness (QED) is 0.674. The summed E-state index contributed by atoms with van der Waals surface area (Å²) >= 11 is 1.57. The third kappa shape index (κ3) is 3.93. The molecular weight excluding hydrogens is 398 g/mol. The predicted molar refractivity (Wildman–Crippen MR) is 119 cm³/mol. The lowest BCUT2D eigenvalue weighted by atomic mass is 10.1. The molecule has 2 heterocycles. The normalized spacial score (nSPS) is 15.5. The molecule has 0 spiro atoms. The first-order valence-corrected chi connectivity index (χ1v) is 10.6. The van der Waals surface area contributed by atoms with Gasteiger partial charge in [-0.3, -0.25) is 14.5 Å². The molecule has 0 bridgehead atoms. The van der Waals surface area contributed by atoms with Gasteiger partial charge in [-0.15, -0.1) is 11.3 Å². The number of aromatic nitrogens is 1. The molecule has 3 aromatic rings. The zero-order valence-corrected chi connectivity index (χ0v) is 18.2. The highest BCUT2D eigenvalue weighted by Gasteiger charge is 2.33. The van der Waals surface area contributed by atoms with E-state index in [1.54, 1.807) is 18.3 Å². The molecular formula is C23H23N3O3S. The van der Waals surface area contributed by atoms with Gasteiger partial charge in [-0.25, -0.2) is 4.98 Å². The van der Waals surface area contributed by atoms with E-state index in [1.165, 1.54) is 4.90 Å². The molecule has 0 aliphatic carbocycles. The molecule has 30 heavy (non-hydrogen) atoms. The van der Waals surface area contributed by atoms with Gasteiger partial charge in [0.15, 0.2) is 6.10 Å². The molecule has 2 amide bonds. The lowest BCUT2D eigenvalue weighted by Gasteiger charge is -2.32. The van der Waals surface area contributed by atoms with Gasteiger partial charge in [0.2, 0.25) is 5.91 Å². The zero-order chi connectivity index (χ0) is 21.4. The Labute approximate surface area is 179 Å². The van der Waals surface area contributed by atoms with Crippen molar-refractivity contribution in [1.82, 2.24) is 4.98 Å². The number of rotatable bonds is 4. The van der Waals surface area contributed by atoms with Crippen LogP contribution in [0.4, 0.5) is 11.4 Å². The van der Waals surface area contributed by atoms with Gasteiger partial charge in [0.05, 0.1) is 16.4 Å². The van der Waals surface area contributed by atoms with Crippen LogP contribution in [0.3, 0.4) is 0 Å². The van der Waals surface area contributed by atoms with Crippen LogP contribution < -0.4 is 15.0 Å². The van der Waals surface area contributed by atoms with Gasteiger partial charge in [0.25, 0.3) is 5.91 Å². The Morgan fingerprint density at radius 1 is 1.17 bits per heavy atom. The molecule has 154 valence electrons. The van der Waals surface area contributed by atoms with Crippen molar-refractivity contribution in [3.05, 3.63) is 57.9 Å². The van der Waals surface area contributed by atoms with Crippen LogP contribution in [-0.2, 0) is 9.59 Å². The fourth-order valence-electron chi connectivity index (χ4n) is 3.39. The summed E-state index contributed by atoms with van der Waals surface area (Å²) in [5.41, 5.74) is 5.26. The van der Waals surface area contributed by atoms with E-state index in [2.05, 4.69) is 10.3 Å². The van der Waals surface area contributed by atoms with E-state index in [4.69, 9.17) is 4.74 Å². The SMILES string of the molecule is Cc1nc(-c2ccc3c(c2)N(CC(=O)Nc2ccc(C)c(C)c2)C(=O)C(C)O3)cs1. The maximum absolute atomic E-state index is 12.8. The van der Waals surface area contributed by atoms with Gasteiger partial charge in [0, 0.05) is 16.6 Å². The molecule has 0 saturated heterocycles. The van der Waals surface area contributed by atoms with Gasteiger partial charge >= 0.3 is 0 Å². The van der Waals surface area contributed by atoms with Crippen molar-refractivity contribution in [2.24, 2.45) is 0 Å². The Morgan fingerprint density at radius 3 is 2.67 bits per heavy atom. The van der Waals surface area contributed by atoms with Crippen LogP contribution in [0.1, 0.15) is 23.1 Å². The monoisotopic (exact) mass is 421 g/mol. The van der Waals surface area contributed by atoms with Crippen molar-refractivity contribution >= 4 is 34.5 Å². The molecule has 0 fully saturated rings. The van der Waals surface area contributed by atoms with Gasteiger partial charge in [0.1, 0.15) is 12.3 Å². The van der Waals surface area contributed by atoms with E-state index >= 15 is 0 Å². The summed E-state index contributed by atoms with van der Waals surface area (Å²) in [7, 11) is 0. The van der Waals surface area contributed by atoms with Gasteiger partial charge in [-0.1, -0.05) is 6.07 Å². The predicted octanol–water partition coefficient (Wildman–Crippen LogP) is 4.49. The van der Waals surface area contributed by atoms with Crippen LogP contribution in [-0.4, -0.2) is 29.4 Å². The molecule has 2 aromatic carbocycles. The minimum Gasteiger partial charge on any atom is -0.479 e. The van der Waals surface area contributed by atoms with Crippen molar-refractivity contribution < 1.29 is 14.3 Å². The van der Waals surface area contributed by atoms with Crippen LogP contribution in [0.5, 0.6) is 5.75 Å². The molecule has 1 atom stereocenters.